The Balaban J connectivity index is 2.51. The van der Waals surface area contributed by atoms with Gasteiger partial charge in [0.2, 0.25) is 0 Å². The summed E-state index contributed by atoms with van der Waals surface area (Å²) < 4.78 is 0. The third kappa shape index (κ3) is 2.68. The quantitative estimate of drug-likeness (QED) is 0.279. The third-order valence-corrected chi connectivity index (χ3v) is 3.44. The average Bonchev–Trinajstić information content (AvgIpc) is 2.28. The van der Waals surface area contributed by atoms with Gasteiger partial charge in [-0.2, -0.15) is 0 Å². The molecule has 1 fully saturated rings. The number of hydrazine groups is 1. The van der Waals surface area contributed by atoms with Gasteiger partial charge in [0.1, 0.15) is 0 Å². The highest BCUT2D eigenvalue weighted by Gasteiger charge is 2.32. The summed E-state index contributed by atoms with van der Waals surface area (Å²) in [6, 6.07) is 0. The van der Waals surface area contributed by atoms with Gasteiger partial charge < -0.3 is 4.90 Å². The normalized spacial score (nSPS) is 19.8. The maximum absolute atomic E-state index is 11.5. The zero-order chi connectivity index (χ0) is 11.5. The molecule has 0 atom stereocenters. The van der Waals surface area contributed by atoms with E-state index in [1.807, 2.05) is 5.43 Å². The molecule has 2 amide bonds. The van der Waals surface area contributed by atoms with Crippen molar-refractivity contribution in [3.8, 4) is 0 Å². The van der Waals surface area contributed by atoms with Crippen LogP contribution in [0.3, 0.4) is 0 Å². The lowest BCUT2D eigenvalue weighted by molar-refractivity contribution is -0.147. The summed E-state index contributed by atoms with van der Waals surface area (Å²) in [7, 11) is 0. The fraction of sp³-hybridized carbons (Fsp3) is 0.800. The first-order valence-electron chi connectivity index (χ1n) is 5.32. The summed E-state index contributed by atoms with van der Waals surface area (Å²) in [5.41, 5.74) is 2.18. The van der Waals surface area contributed by atoms with E-state index in [1.54, 1.807) is 4.90 Å². The van der Waals surface area contributed by atoms with Gasteiger partial charge in [0.25, 0.3) is 0 Å². The van der Waals surface area contributed by atoms with Crippen LogP contribution in [0.4, 0.5) is 0 Å². The number of nitrogens with zero attached hydrogens (tertiary/aromatic N) is 1. The van der Waals surface area contributed by atoms with E-state index in [0.29, 0.717) is 18.5 Å². The Kier molecular flexibility index (Phi) is 3.68. The van der Waals surface area contributed by atoms with Gasteiger partial charge in [0.15, 0.2) is 0 Å². The van der Waals surface area contributed by atoms with E-state index in [0.717, 1.165) is 19.3 Å². The summed E-state index contributed by atoms with van der Waals surface area (Å²) in [4.78, 5) is 24.0. The SMILES string of the molecule is CCC1(C)CCN(C(=O)C(=O)NN)CC1. The van der Waals surface area contributed by atoms with E-state index in [9.17, 15) is 9.59 Å². The predicted molar refractivity (Wildman–Crippen MR) is 56.5 cm³/mol. The molecule has 1 aliphatic heterocycles. The fourth-order valence-electron chi connectivity index (χ4n) is 1.81. The van der Waals surface area contributed by atoms with Crippen LogP contribution in [0.1, 0.15) is 33.1 Å². The monoisotopic (exact) mass is 213 g/mol. The summed E-state index contributed by atoms with van der Waals surface area (Å²) in [5, 5.41) is 0. The lowest BCUT2D eigenvalue weighted by atomic mass is 9.78. The largest absolute Gasteiger partial charge is 0.334 e. The molecular formula is C10H19N3O2. The number of piperidine rings is 1. The van der Waals surface area contributed by atoms with Crippen LogP contribution < -0.4 is 11.3 Å². The Morgan fingerprint density at radius 3 is 2.33 bits per heavy atom. The van der Waals surface area contributed by atoms with Crippen LogP contribution in [-0.2, 0) is 9.59 Å². The first kappa shape index (κ1) is 12.0. The standard InChI is InChI=1S/C10H19N3O2/c1-3-10(2)4-6-13(7-5-10)9(15)8(14)12-11/h3-7,11H2,1-2H3,(H,12,14). The van der Waals surface area contributed by atoms with Crippen molar-refractivity contribution in [1.82, 2.24) is 10.3 Å². The Morgan fingerprint density at radius 2 is 1.93 bits per heavy atom. The van der Waals surface area contributed by atoms with Crippen LogP contribution in [0.2, 0.25) is 0 Å². The highest BCUT2D eigenvalue weighted by Crippen LogP contribution is 2.33. The van der Waals surface area contributed by atoms with Crippen molar-refractivity contribution >= 4 is 11.8 Å². The minimum absolute atomic E-state index is 0.315. The first-order valence-corrected chi connectivity index (χ1v) is 5.32. The number of nitrogens with one attached hydrogen (secondary N) is 1. The third-order valence-electron chi connectivity index (χ3n) is 3.44. The number of nitrogens with two attached hydrogens (primary N) is 1. The molecule has 0 radical (unpaired) electrons. The van der Waals surface area contributed by atoms with Gasteiger partial charge in [-0.15, -0.1) is 0 Å². The smallest absolute Gasteiger partial charge is 0.323 e. The van der Waals surface area contributed by atoms with Gasteiger partial charge in [-0.3, -0.25) is 15.0 Å². The Morgan fingerprint density at radius 1 is 1.40 bits per heavy atom. The van der Waals surface area contributed by atoms with Gasteiger partial charge >= 0.3 is 11.8 Å². The first-order chi connectivity index (χ1) is 7.02. The summed E-state index contributed by atoms with van der Waals surface area (Å²) >= 11 is 0. The molecule has 15 heavy (non-hydrogen) atoms. The van der Waals surface area contributed by atoms with E-state index in [2.05, 4.69) is 13.8 Å². The van der Waals surface area contributed by atoms with Crippen molar-refractivity contribution in [2.75, 3.05) is 13.1 Å². The van der Waals surface area contributed by atoms with Crippen molar-refractivity contribution in [1.29, 1.82) is 0 Å². The van der Waals surface area contributed by atoms with Gasteiger partial charge in [-0.05, 0) is 18.3 Å². The van der Waals surface area contributed by atoms with E-state index in [4.69, 9.17) is 5.84 Å². The molecule has 1 heterocycles. The van der Waals surface area contributed by atoms with Crippen LogP contribution in [0.5, 0.6) is 0 Å². The van der Waals surface area contributed by atoms with Crippen molar-refractivity contribution in [3.63, 3.8) is 0 Å². The van der Waals surface area contributed by atoms with Crippen molar-refractivity contribution in [3.05, 3.63) is 0 Å². The number of carbonyl (C=O) groups is 2. The summed E-state index contributed by atoms with van der Waals surface area (Å²) in [5.74, 6) is 3.67. The number of rotatable bonds is 1. The molecule has 86 valence electrons. The molecule has 0 bridgehead atoms. The molecule has 0 aromatic rings. The average molecular weight is 213 g/mol. The molecule has 1 aliphatic rings. The molecule has 5 nitrogen and oxygen atoms in total. The van der Waals surface area contributed by atoms with Crippen LogP contribution >= 0.6 is 0 Å². The van der Waals surface area contributed by atoms with Crippen LogP contribution in [0.25, 0.3) is 0 Å². The number of hydrogen-bond acceptors (Lipinski definition) is 3. The molecular weight excluding hydrogens is 194 g/mol. The molecule has 5 heteroatoms. The highest BCUT2D eigenvalue weighted by atomic mass is 16.2. The molecule has 0 aromatic heterocycles. The van der Waals surface area contributed by atoms with Gasteiger partial charge in [0, 0.05) is 13.1 Å². The van der Waals surface area contributed by atoms with E-state index >= 15 is 0 Å². The van der Waals surface area contributed by atoms with E-state index in [-0.39, 0.29) is 0 Å². The molecule has 3 N–H and O–H groups in total. The Labute approximate surface area is 90.0 Å². The van der Waals surface area contributed by atoms with Crippen molar-refractivity contribution < 1.29 is 9.59 Å². The number of amides is 2. The lowest BCUT2D eigenvalue weighted by Crippen LogP contribution is -2.49. The van der Waals surface area contributed by atoms with E-state index < -0.39 is 11.8 Å². The second-order valence-electron chi connectivity index (χ2n) is 4.43. The molecule has 0 unspecified atom stereocenters. The number of hydrogen-bond donors (Lipinski definition) is 2. The van der Waals surface area contributed by atoms with Crippen molar-refractivity contribution in [2.45, 2.75) is 33.1 Å². The van der Waals surface area contributed by atoms with Gasteiger partial charge in [-0.25, -0.2) is 5.84 Å². The minimum Gasteiger partial charge on any atom is -0.334 e. The second-order valence-corrected chi connectivity index (χ2v) is 4.43. The maximum atomic E-state index is 11.5. The maximum Gasteiger partial charge on any atom is 0.323 e. The molecule has 0 aromatic carbocycles. The molecule has 0 saturated carbocycles. The van der Waals surface area contributed by atoms with Crippen molar-refractivity contribution in [2.24, 2.45) is 11.3 Å². The fourth-order valence-corrected chi connectivity index (χ4v) is 1.81. The topological polar surface area (TPSA) is 75.4 Å². The Hall–Kier alpha value is -1.10. The van der Waals surface area contributed by atoms with Crippen LogP contribution in [0, 0.1) is 5.41 Å². The van der Waals surface area contributed by atoms with E-state index in [1.165, 1.54) is 0 Å². The van der Waals surface area contributed by atoms with Crippen LogP contribution in [-0.4, -0.2) is 29.8 Å². The summed E-state index contributed by atoms with van der Waals surface area (Å²) in [6.07, 6.45) is 3.01. The molecule has 0 aliphatic carbocycles. The zero-order valence-electron chi connectivity index (χ0n) is 9.38. The van der Waals surface area contributed by atoms with Crippen LogP contribution in [0.15, 0.2) is 0 Å². The number of carbonyl (C=O) groups excluding carboxylic acids is 2. The minimum atomic E-state index is -0.727. The second kappa shape index (κ2) is 4.61. The number of likely N-dealkylation sites (tertiary alicyclic amines) is 1. The lowest BCUT2D eigenvalue weighted by Gasteiger charge is -2.38. The highest BCUT2D eigenvalue weighted by molar-refractivity contribution is 6.34. The molecule has 1 saturated heterocycles. The predicted octanol–water partition coefficient (Wildman–Crippen LogP) is 0.0150. The molecule has 1 rings (SSSR count). The summed E-state index contributed by atoms with van der Waals surface area (Å²) in [6.45, 7) is 5.68. The van der Waals surface area contributed by atoms with Gasteiger partial charge in [-0.1, -0.05) is 20.3 Å². The molecule has 0 spiro atoms. The Bertz CT molecular complexity index is 257. The zero-order valence-corrected chi connectivity index (χ0v) is 9.38. The van der Waals surface area contributed by atoms with Gasteiger partial charge in [0.05, 0.1) is 0 Å².